The van der Waals surface area contributed by atoms with Gasteiger partial charge in [0.1, 0.15) is 5.82 Å². The minimum absolute atomic E-state index is 0.0263. The number of benzene rings is 1. The van der Waals surface area contributed by atoms with E-state index >= 15 is 0 Å². The van der Waals surface area contributed by atoms with Crippen molar-refractivity contribution in [2.24, 2.45) is 0 Å². The molecule has 2 aromatic rings. The van der Waals surface area contributed by atoms with Crippen LogP contribution in [-0.4, -0.2) is 11.5 Å². The predicted octanol–water partition coefficient (Wildman–Crippen LogP) is 3.86. The number of rotatable bonds is 4. The summed E-state index contributed by atoms with van der Waals surface area (Å²) in [6.07, 6.45) is 0. The van der Waals surface area contributed by atoms with Gasteiger partial charge < -0.3 is 0 Å². The molecule has 0 aliphatic heterocycles. The summed E-state index contributed by atoms with van der Waals surface area (Å²) in [5.74, 6) is 0.104. The monoisotopic (exact) mass is 252 g/mol. The number of Topliss-reactive ketones (excluding diaryl/α,β-unsaturated/α-hetero) is 1. The molecule has 1 aromatic heterocycles. The smallest absolute Gasteiger partial charge is 0.173 e. The number of thiophene rings is 1. The van der Waals surface area contributed by atoms with E-state index < -0.39 is 0 Å². The van der Waals surface area contributed by atoms with Gasteiger partial charge in [-0.25, -0.2) is 4.39 Å². The van der Waals surface area contributed by atoms with Crippen LogP contribution < -0.4 is 0 Å². The second-order valence-corrected chi connectivity index (χ2v) is 5.37. The van der Waals surface area contributed by atoms with Crippen LogP contribution in [0.25, 0.3) is 0 Å². The minimum atomic E-state index is -0.317. The zero-order valence-electron chi connectivity index (χ0n) is 8.35. The van der Waals surface area contributed by atoms with Crippen LogP contribution in [0.15, 0.2) is 46.0 Å². The molecule has 0 aliphatic carbocycles. The summed E-state index contributed by atoms with van der Waals surface area (Å²) < 4.78 is 13.8. The van der Waals surface area contributed by atoms with Gasteiger partial charge in [0.25, 0.3) is 0 Å². The van der Waals surface area contributed by atoms with E-state index in [4.69, 9.17) is 0 Å². The van der Waals surface area contributed by atoms with E-state index in [0.29, 0.717) is 11.3 Å². The fraction of sp³-hybridized carbons (Fsp3) is 0.0833. The van der Waals surface area contributed by atoms with E-state index in [9.17, 15) is 9.18 Å². The molecule has 4 heteroatoms. The molecular weight excluding hydrogens is 243 g/mol. The fourth-order valence-electron chi connectivity index (χ4n) is 1.20. The van der Waals surface area contributed by atoms with Crippen LogP contribution in [0.2, 0.25) is 0 Å². The molecule has 1 heterocycles. The van der Waals surface area contributed by atoms with Gasteiger partial charge in [-0.1, -0.05) is 6.07 Å². The molecule has 0 unspecified atom stereocenters. The van der Waals surface area contributed by atoms with Crippen molar-refractivity contribution in [3.63, 3.8) is 0 Å². The van der Waals surface area contributed by atoms with Gasteiger partial charge in [0.05, 0.1) is 9.96 Å². The fourth-order valence-corrected chi connectivity index (χ4v) is 2.88. The van der Waals surface area contributed by atoms with Gasteiger partial charge in [0.2, 0.25) is 0 Å². The van der Waals surface area contributed by atoms with E-state index in [1.807, 2.05) is 17.5 Å². The molecule has 1 aromatic carbocycles. The predicted molar refractivity (Wildman–Crippen MR) is 65.8 cm³/mol. The first-order valence-corrected chi connectivity index (χ1v) is 6.57. The van der Waals surface area contributed by atoms with Crippen molar-refractivity contribution < 1.29 is 9.18 Å². The maximum atomic E-state index is 12.6. The van der Waals surface area contributed by atoms with E-state index in [-0.39, 0.29) is 11.6 Å². The third-order valence-electron chi connectivity index (χ3n) is 2.01. The highest BCUT2D eigenvalue weighted by molar-refractivity contribution is 8.01. The van der Waals surface area contributed by atoms with Gasteiger partial charge >= 0.3 is 0 Å². The molecule has 16 heavy (non-hydrogen) atoms. The van der Waals surface area contributed by atoms with Gasteiger partial charge in [0.15, 0.2) is 5.78 Å². The molecule has 0 bridgehead atoms. The average Bonchev–Trinajstić information content (AvgIpc) is 2.80. The highest BCUT2D eigenvalue weighted by atomic mass is 32.2. The Bertz CT molecular complexity index is 462. The highest BCUT2D eigenvalue weighted by Gasteiger charge is 2.06. The topological polar surface area (TPSA) is 17.1 Å². The molecule has 0 radical (unpaired) electrons. The Labute approximate surface area is 101 Å². The normalized spacial score (nSPS) is 10.3. The summed E-state index contributed by atoms with van der Waals surface area (Å²) in [7, 11) is 0. The van der Waals surface area contributed by atoms with Gasteiger partial charge in [-0.3, -0.25) is 4.79 Å². The SMILES string of the molecule is O=C(CSc1cccs1)c1ccc(F)cc1. The first-order chi connectivity index (χ1) is 7.75. The van der Waals surface area contributed by atoms with Crippen LogP contribution in [0, 0.1) is 5.82 Å². The molecule has 0 N–H and O–H groups in total. The maximum absolute atomic E-state index is 12.6. The Hall–Kier alpha value is -1.13. The summed E-state index contributed by atoms with van der Waals surface area (Å²) in [6, 6.07) is 9.59. The van der Waals surface area contributed by atoms with Crippen LogP contribution in [0.3, 0.4) is 0 Å². The van der Waals surface area contributed by atoms with Crippen LogP contribution in [0.5, 0.6) is 0 Å². The summed E-state index contributed by atoms with van der Waals surface area (Å²) in [5.41, 5.74) is 0.561. The zero-order valence-corrected chi connectivity index (χ0v) is 9.98. The lowest BCUT2D eigenvalue weighted by molar-refractivity contribution is 0.102. The van der Waals surface area contributed by atoms with Crippen molar-refractivity contribution in [1.82, 2.24) is 0 Å². The first kappa shape index (κ1) is 11.4. The number of carbonyl (C=O) groups excluding carboxylic acids is 1. The van der Waals surface area contributed by atoms with Crippen LogP contribution in [0.1, 0.15) is 10.4 Å². The molecular formula is C12H9FOS2. The largest absolute Gasteiger partial charge is 0.293 e. The van der Waals surface area contributed by atoms with Crippen molar-refractivity contribution in [2.45, 2.75) is 4.21 Å². The number of hydrogen-bond acceptors (Lipinski definition) is 3. The van der Waals surface area contributed by atoms with Gasteiger partial charge in [-0.2, -0.15) is 0 Å². The first-order valence-electron chi connectivity index (χ1n) is 4.71. The summed E-state index contributed by atoms with van der Waals surface area (Å²) in [5, 5.41) is 1.98. The zero-order chi connectivity index (χ0) is 11.4. The number of ketones is 1. The standard InChI is InChI=1S/C12H9FOS2/c13-10-5-3-9(4-6-10)11(14)8-16-12-2-1-7-15-12/h1-7H,8H2. The minimum Gasteiger partial charge on any atom is -0.293 e. The summed E-state index contributed by atoms with van der Waals surface area (Å²) in [4.78, 5) is 11.7. The number of hydrogen-bond donors (Lipinski definition) is 0. The summed E-state index contributed by atoms with van der Waals surface area (Å²) >= 11 is 3.12. The average molecular weight is 252 g/mol. The molecule has 0 saturated heterocycles. The van der Waals surface area contributed by atoms with E-state index in [0.717, 1.165) is 4.21 Å². The molecule has 0 amide bonds. The lowest BCUT2D eigenvalue weighted by Crippen LogP contribution is -2.01. The number of thioether (sulfide) groups is 1. The molecule has 0 fully saturated rings. The third kappa shape index (κ3) is 2.93. The van der Waals surface area contributed by atoms with Gasteiger partial charge in [-0.15, -0.1) is 23.1 Å². The van der Waals surface area contributed by atoms with Crippen molar-refractivity contribution in [1.29, 1.82) is 0 Å². The third-order valence-corrected chi connectivity index (χ3v) is 4.14. The van der Waals surface area contributed by atoms with Gasteiger partial charge in [-0.05, 0) is 35.7 Å². The molecule has 1 nitrogen and oxygen atoms in total. The van der Waals surface area contributed by atoms with Crippen molar-refractivity contribution >= 4 is 28.9 Å². The Kier molecular flexibility index (Phi) is 3.74. The molecule has 0 atom stereocenters. The molecule has 0 saturated carbocycles. The molecule has 0 aliphatic rings. The van der Waals surface area contributed by atoms with Gasteiger partial charge in [0, 0.05) is 5.56 Å². The van der Waals surface area contributed by atoms with E-state index in [1.54, 1.807) is 11.3 Å². The summed E-state index contributed by atoms with van der Waals surface area (Å²) in [6.45, 7) is 0. The van der Waals surface area contributed by atoms with Crippen LogP contribution in [0.4, 0.5) is 4.39 Å². The highest BCUT2D eigenvalue weighted by Crippen LogP contribution is 2.24. The second kappa shape index (κ2) is 5.27. The van der Waals surface area contributed by atoms with E-state index in [1.165, 1.54) is 36.0 Å². The van der Waals surface area contributed by atoms with Crippen molar-refractivity contribution in [3.05, 3.63) is 53.2 Å². The van der Waals surface area contributed by atoms with Crippen LogP contribution in [-0.2, 0) is 0 Å². The van der Waals surface area contributed by atoms with Crippen molar-refractivity contribution in [3.8, 4) is 0 Å². The van der Waals surface area contributed by atoms with Crippen molar-refractivity contribution in [2.75, 3.05) is 5.75 Å². The van der Waals surface area contributed by atoms with E-state index in [2.05, 4.69) is 0 Å². The van der Waals surface area contributed by atoms with Crippen LogP contribution >= 0.6 is 23.1 Å². The Morgan fingerprint density at radius 3 is 2.62 bits per heavy atom. The quantitative estimate of drug-likeness (QED) is 0.607. The lowest BCUT2D eigenvalue weighted by atomic mass is 10.1. The number of carbonyl (C=O) groups is 1. The maximum Gasteiger partial charge on any atom is 0.173 e. The molecule has 0 spiro atoms. The lowest BCUT2D eigenvalue weighted by Gasteiger charge is -1.99. The second-order valence-electron chi connectivity index (χ2n) is 3.15. The molecule has 2 rings (SSSR count). The Balaban J connectivity index is 1.95. The Morgan fingerprint density at radius 1 is 1.25 bits per heavy atom. The molecule has 82 valence electrons. The number of halogens is 1. The Morgan fingerprint density at radius 2 is 2.00 bits per heavy atom.